The molecule has 6 saturated carbocycles. The summed E-state index contributed by atoms with van der Waals surface area (Å²) in [5.41, 5.74) is 0. The molecule has 0 radical (unpaired) electrons. The van der Waals surface area contributed by atoms with Crippen LogP contribution in [0.1, 0.15) is 89.9 Å². The fraction of sp³-hybridized carbons (Fsp3) is 0.679. The summed E-state index contributed by atoms with van der Waals surface area (Å²) in [7, 11) is 0. The molecule has 72 heavy (non-hydrogen) atoms. The average Bonchev–Trinajstić information content (AvgIpc) is 4.29. The van der Waals surface area contributed by atoms with Gasteiger partial charge in [-0.15, -0.1) is 24.8 Å². The van der Waals surface area contributed by atoms with Gasteiger partial charge in [-0.2, -0.15) is 8.75 Å². The molecule has 10 fully saturated rings. The lowest BCUT2D eigenvalue weighted by molar-refractivity contribution is -0.143. The van der Waals surface area contributed by atoms with Crippen molar-refractivity contribution in [2.75, 3.05) is 88.3 Å². The topological polar surface area (TPSA) is 114 Å². The summed E-state index contributed by atoms with van der Waals surface area (Å²) in [6.45, 7) is 11.9. The van der Waals surface area contributed by atoms with Crippen LogP contribution in [0, 0.1) is 71.0 Å². The SMILES string of the molecule is Cl.Cl.O=C1[C@@H]2[C@@H]3CC[C@@H](C3)[C@@H]2C(=O)N1C[C@@H]1CCCC[C@@H]1CN1CCN(c2nsc3ccccc23)CC1.O=C1[C@@H]2[C@@H]3CC[C@@H](C3)[C@@H]2C(=O)N1C[C@H]1CCCC[C@H]1CN1CCN(c2nsc3ccccc23)CC1. The zero-order valence-corrected chi connectivity index (χ0v) is 45.0. The number of rotatable bonds is 10. The smallest absolute Gasteiger partial charge is 0.233 e. The van der Waals surface area contributed by atoms with E-state index in [0.717, 1.165) is 128 Å². The number of fused-ring (bicyclic) bond motifs is 12. The lowest BCUT2D eigenvalue weighted by Crippen LogP contribution is -2.49. The van der Waals surface area contributed by atoms with E-state index in [1.807, 2.05) is 0 Å². The summed E-state index contributed by atoms with van der Waals surface area (Å²) in [5, 5.41) is 2.55. The lowest BCUT2D eigenvalue weighted by atomic mass is 9.78. The van der Waals surface area contributed by atoms with Crippen molar-refractivity contribution < 1.29 is 19.2 Å². The molecule has 12 atom stereocenters. The summed E-state index contributed by atoms with van der Waals surface area (Å²) < 4.78 is 12.0. The van der Waals surface area contributed by atoms with Gasteiger partial charge in [-0.1, -0.05) is 49.9 Å². The second-order valence-electron chi connectivity index (χ2n) is 23.5. The molecule has 6 aliphatic carbocycles. The molecule has 14 rings (SSSR count). The van der Waals surface area contributed by atoms with Crippen molar-refractivity contribution in [2.24, 2.45) is 71.0 Å². The van der Waals surface area contributed by atoms with E-state index >= 15 is 0 Å². The Labute approximate surface area is 446 Å². The number of benzene rings is 2. The van der Waals surface area contributed by atoms with Crippen molar-refractivity contribution in [2.45, 2.75) is 89.9 Å². The number of nitrogens with zero attached hydrogens (tertiary/aromatic N) is 8. The molecule has 4 bridgehead atoms. The number of carbonyl (C=O) groups excluding carboxylic acids is 4. The molecular formula is C56H74Cl2N8O4S2. The van der Waals surface area contributed by atoms with Crippen LogP contribution in [0.3, 0.4) is 0 Å². The number of hydrogen-bond donors (Lipinski definition) is 0. The van der Waals surface area contributed by atoms with Crippen LogP contribution in [0.2, 0.25) is 0 Å². The Morgan fingerprint density at radius 3 is 1.08 bits per heavy atom. The minimum atomic E-state index is 0. The van der Waals surface area contributed by atoms with Crippen LogP contribution in [0.25, 0.3) is 20.2 Å². The largest absolute Gasteiger partial charge is 0.353 e. The third kappa shape index (κ3) is 9.19. The van der Waals surface area contributed by atoms with Crippen LogP contribution in [0.4, 0.5) is 11.6 Å². The van der Waals surface area contributed by atoms with E-state index in [-0.39, 0.29) is 72.1 Å². The Balaban J connectivity index is 0.000000151. The second kappa shape index (κ2) is 21.3. The summed E-state index contributed by atoms with van der Waals surface area (Å²) in [4.78, 5) is 66.7. The van der Waals surface area contributed by atoms with Gasteiger partial charge in [0, 0.05) is 89.3 Å². The zero-order valence-electron chi connectivity index (χ0n) is 41.8. The van der Waals surface area contributed by atoms with Crippen LogP contribution < -0.4 is 9.80 Å². The number of hydrogen-bond acceptors (Lipinski definition) is 12. The highest BCUT2D eigenvalue weighted by atomic mass is 35.5. The maximum atomic E-state index is 13.3. The van der Waals surface area contributed by atoms with Gasteiger partial charge >= 0.3 is 0 Å². The number of halogens is 2. The molecule has 2 aromatic carbocycles. The highest BCUT2D eigenvalue weighted by Gasteiger charge is 2.62. The van der Waals surface area contributed by atoms with Crippen LogP contribution in [0.15, 0.2) is 48.5 Å². The molecule has 0 spiro atoms. The molecule has 2 aromatic heterocycles. The third-order valence-electron chi connectivity index (χ3n) is 20.1. The molecular weight excluding hydrogens is 984 g/mol. The molecule has 4 amide bonds. The first-order chi connectivity index (χ1) is 34.3. The molecule has 388 valence electrons. The molecule has 0 unspecified atom stereocenters. The standard InChI is InChI=1S/2C28H36N4O2S.2ClH/c2*33-27-24-18-9-10-19(15-18)25(24)28(34)32(27)17-21-6-2-1-5-20(21)16-30-11-13-31(14-12-30)26-22-7-3-4-8-23(22)35-29-26;;/h2*3-4,7-8,18-21,24-25H,1-2,5-6,9-17H2;2*1H/t2*18-,19+,20-,21+,24-,25+;;/m10../s1. The monoisotopic (exact) mass is 1060 g/mol. The van der Waals surface area contributed by atoms with E-state index in [2.05, 4.69) is 68.1 Å². The Morgan fingerprint density at radius 1 is 0.417 bits per heavy atom. The maximum absolute atomic E-state index is 13.3. The van der Waals surface area contributed by atoms with E-state index in [1.165, 1.54) is 58.7 Å². The van der Waals surface area contributed by atoms with Gasteiger partial charge in [-0.25, -0.2) is 0 Å². The molecule has 12 nitrogen and oxygen atoms in total. The van der Waals surface area contributed by atoms with Gasteiger partial charge in [0.05, 0.1) is 33.1 Å². The first-order valence-electron chi connectivity index (χ1n) is 27.7. The van der Waals surface area contributed by atoms with Crippen LogP contribution >= 0.6 is 47.9 Å². The van der Waals surface area contributed by atoms with Crippen molar-refractivity contribution in [3.8, 4) is 0 Å². The van der Waals surface area contributed by atoms with Gasteiger partial charge in [0.2, 0.25) is 23.6 Å². The number of likely N-dealkylation sites (tertiary alicyclic amines) is 2. The average molecular weight is 1060 g/mol. The number of amides is 4. The first kappa shape index (κ1) is 50.7. The van der Waals surface area contributed by atoms with Gasteiger partial charge in [0.1, 0.15) is 11.6 Å². The molecule has 4 saturated heterocycles. The van der Waals surface area contributed by atoms with Crippen molar-refractivity contribution in [1.29, 1.82) is 0 Å². The minimum absolute atomic E-state index is 0. The Hall–Kier alpha value is -3.40. The van der Waals surface area contributed by atoms with Crippen LogP contribution in [-0.4, -0.2) is 131 Å². The Kier molecular flexibility index (Phi) is 15.0. The van der Waals surface area contributed by atoms with Crippen LogP contribution in [0.5, 0.6) is 0 Å². The Bertz CT molecular complexity index is 2380. The van der Waals surface area contributed by atoms with Gasteiger partial charge in [-0.05, 0) is 159 Å². The number of carbonyl (C=O) groups is 4. The number of piperazine rings is 2. The molecule has 10 aliphatic rings. The van der Waals surface area contributed by atoms with E-state index in [4.69, 9.17) is 8.75 Å². The maximum Gasteiger partial charge on any atom is 0.233 e. The normalized spacial score (nSPS) is 34.4. The van der Waals surface area contributed by atoms with E-state index in [1.54, 1.807) is 32.9 Å². The zero-order chi connectivity index (χ0) is 47.0. The van der Waals surface area contributed by atoms with Gasteiger partial charge in [0.25, 0.3) is 0 Å². The molecule has 6 heterocycles. The predicted molar refractivity (Wildman–Crippen MR) is 291 cm³/mol. The fourth-order valence-corrected chi connectivity index (χ4v) is 18.0. The molecule has 0 N–H and O–H groups in total. The molecule has 4 aromatic rings. The Morgan fingerprint density at radius 2 is 0.736 bits per heavy atom. The highest BCUT2D eigenvalue weighted by molar-refractivity contribution is 7.14. The third-order valence-corrected chi connectivity index (χ3v) is 21.7. The minimum Gasteiger partial charge on any atom is -0.353 e. The highest BCUT2D eigenvalue weighted by Crippen LogP contribution is 2.57. The molecule has 16 heteroatoms. The van der Waals surface area contributed by atoms with E-state index in [0.29, 0.717) is 60.4 Å². The lowest BCUT2D eigenvalue weighted by Gasteiger charge is -2.40. The summed E-state index contributed by atoms with van der Waals surface area (Å²) in [6, 6.07) is 17.1. The number of imide groups is 2. The van der Waals surface area contributed by atoms with Gasteiger partial charge < -0.3 is 9.80 Å². The van der Waals surface area contributed by atoms with Crippen molar-refractivity contribution in [1.82, 2.24) is 28.3 Å². The van der Waals surface area contributed by atoms with Gasteiger partial charge in [0.15, 0.2) is 0 Å². The predicted octanol–water partition coefficient (Wildman–Crippen LogP) is 9.36. The number of anilines is 2. The molecule has 4 aliphatic heterocycles. The van der Waals surface area contributed by atoms with Crippen molar-refractivity contribution >= 4 is 103 Å². The second-order valence-corrected chi connectivity index (χ2v) is 25.1. The van der Waals surface area contributed by atoms with Crippen LogP contribution in [-0.2, 0) is 19.2 Å². The summed E-state index contributed by atoms with van der Waals surface area (Å²) >= 11 is 3.20. The quantitative estimate of drug-likeness (QED) is 0.143. The number of aromatic nitrogens is 2. The summed E-state index contributed by atoms with van der Waals surface area (Å²) in [6.07, 6.45) is 16.7. The van der Waals surface area contributed by atoms with Crippen molar-refractivity contribution in [3.05, 3.63) is 48.5 Å². The van der Waals surface area contributed by atoms with E-state index in [9.17, 15) is 19.2 Å². The fourth-order valence-electron chi connectivity index (χ4n) is 16.4. The first-order valence-corrected chi connectivity index (χ1v) is 29.2. The van der Waals surface area contributed by atoms with E-state index < -0.39 is 0 Å². The van der Waals surface area contributed by atoms with Gasteiger partial charge in [-0.3, -0.25) is 38.8 Å². The van der Waals surface area contributed by atoms with Crippen molar-refractivity contribution in [3.63, 3.8) is 0 Å². The summed E-state index contributed by atoms with van der Waals surface area (Å²) in [5.74, 6) is 7.18.